The quantitative estimate of drug-likeness (QED) is 0.415. The van der Waals surface area contributed by atoms with Gasteiger partial charge in [0.1, 0.15) is 11.3 Å². The number of carbonyl (C=O) groups excluding carboxylic acids is 2. The van der Waals surface area contributed by atoms with Crippen molar-refractivity contribution < 1.29 is 19.1 Å². The molecule has 0 spiro atoms. The summed E-state index contributed by atoms with van der Waals surface area (Å²) in [6.07, 6.45) is 4.97. The maximum absolute atomic E-state index is 11.8. The van der Waals surface area contributed by atoms with Crippen molar-refractivity contribution in [3.8, 4) is 0 Å². The Balaban J connectivity index is 2.92. The lowest BCUT2D eigenvalue weighted by Crippen LogP contribution is -2.14. The first kappa shape index (κ1) is 12.2. The zero-order chi connectivity index (χ0) is 12.1. The van der Waals surface area contributed by atoms with Gasteiger partial charge in [-0.15, -0.1) is 0 Å². The highest BCUT2D eigenvalue weighted by atomic mass is 16.5. The van der Waals surface area contributed by atoms with Crippen LogP contribution in [0.25, 0.3) is 0 Å². The summed E-state index contributed by atoms with van der Waals surface area (Å²) in [7, 11) is 0. The highest BCUT2D eigenvalue weighted by Crippen LogP contribution is 2.25. The van der Waals surface area contributed by atoms with Gasteiger partial charge in [0.05, 0.1) is 6.61 Å². The summed E-state index contributed by atoms with van der Waals surface area (Å²) >= 11 is 0. The molecule has 1 rings (SSSR count). The minimum absolute atomic E-state index is 0.0161. The molecule has 0 radical (unpaired) electrons. The van der Waals surface area contributed by atoms with Crippen molar-refractivity contribution in [2.45, 2.75) is 20.8 Å². The van der Waals surface area contributed by atoms with Gasteiger partial charge in [-0.25, -0.2) is 4.79 Å². The van der Waals surface area contributed by atoms with Crippen LogP contribution in [0.3, 0.4) is 0 Å². The molecule has 0 saturated heterocycles. The Morgan fingerprint density at radius 2 is 2.19 bits per heavy atom. The summed E-state index contributed by atoms with van der Waals surface area (Å²) in [5.41, 5.74) is -0.0161. The average Bonchev–Trinajstić information content (AvgIpc) is 2.51. The van der Waals surface area contributed by atoms with Crippen molar-refractivity contribution in [2.24, 2.45) is 0 Å². The summed E-state index contributed by atoms with van der Waals surface area (Å²) in [4.78, 5) is 23.2. The highest BCUT2D eigenvalue weighted by molar-refractivity contribution is 6.25. The third-order valence-electron chi connectivity index (χ3n) is 1.99. The van der Waals surface area contributed by atoms with Gasteiger partial charge >= 0.3 is 5.97 Å². The summed E-state index contributed by atoms with van der Waals surface area (Å²) in [5.74, 6) is -0.610. The van der Waals surface area contributed by atoms with Crippen LogP contribution >= 0.6 is 0 Å². The molecule has 16 heavy (non-hydrogen) atoms. The van der Waals surface area contributed by atoms with Crippen molar-refractivity contribution >= 4 is 11.8 Å². The fraction of sp³-hybridized carbons (Fsp3) is 0.333. The molecule has 4 heteroatoms. The molecule has 0 fully saturated rings. The number of hydrogen-bond donors (Lipinski definition) is 0. The van der Waals surface area contributed by atoms with Crippen molar-refractivity contribution in [3.05, 3.63) is 35.3 Å². The Morgan fingerprint density at radius 1 is 1.50 bits per heavy atom. The molecule has 0 atom stereocenters. The van der Waals surface area contributed by atoms with Crippen molar-refractivity contribution in [3.63, 3.8) is 0 Å². The number of carbonyl (C=O) groups is 2. The van der Waals surface area contributed by atoms with E-state index in [0.29, 0.717) is 5.76 Å². The Kier molecular flexibility index (Phi) is 4.05. The van der Waals surface area contributed by atoms with Crippen LogP contribution in [0.5, 0.6) is 0 Å². The lowest BCUT2D eigenvalue weighted by Gasteiger charge is -1.99. The topological polar surface area (TPSA) is 52.6 Å². The molecule has 0 unspecified atom stereocenters. The van der Waals surface area contributed by atoms with Gasteiger partial charge in [-0.1, -0.05) is 12.2 Å². The summed E-state index contributed by atoms with van der Waals surface area (Å²) < 4.78 is 9.97. The third-order valence-corrected chi connectivity index (χ3v) is 1.99. The van der Waals surface area contributed by atoms with Gasteiger partial charge in [0.25, 0.3) is 0 Å². The maximum atomic E-state index is 11.8. The number of rotatable bonds is 3. The molecular formula is C12H14O4. The Labute approximate surface area is 94.2 Å². The number of ether oxygens (including phenoxy) is 2. The molecule has 0 aromatic carbocycles. The van der Waals surface area contributed by atoms with Crippen LogP contribution in [0, 0.1) is 0 Å². The Hall–Kier alpha value is -1.84. The first-order chi connectivity index (χ1) is 7.61. The van der Waals surface area contributed by atoms with Crippen LogP contribution in [0.2, 0.25) is 0 Å². The van der Waals surface area contributed by atoms with E-state index in [-0.39, 0.29) is 17.9 Å². The minimum atomic E-state index is -0.631. The first-order valence-corrected chi connectivity index (χ1v) is 5.05. The number of hydrogen-bond acceptors (Lipinski definition) is 4. The first-order valence-electron chi connectivity index (χ1n) is 5.05. The SMILES string of the molecule is C/C=C\C=C1/OC(C)=C(C(=O)OCC)C1=O. The van der Waals surface area contributed by atoms with Crippen molar-refractivity contribution in [2.75, 3.05) is 6.61 Å². The standard InChI is InChI=1S/C12H14O4/c1-4-6-7-9-11(13)10(8(3)16-9)12(14)15-5-2/h4,6-7H,5H2,1-3H3/b6-4-,9-7-. The van der Waals surface area contributed by atoms with Gasteiger partial charge in [-0.05, 0) is 26.8 Å². The molecule has 1 heterocycles. The van der Waals surface area contributed by atoms with Crippen LogP contribution in [-0.2, 0) is 19.1 Å². The van der Waals surface area contributed by atoms with E-state index in [1.807, 2.05) is 6.92 Å². The normalized spacial score (nSPS) is 18.4. The smallest absolute Gasteiger partial charge is 0.345 e. The molecule has 86 valence electrons. The number of allylic oxidation sites excluding steroid dienone is 5. The maximum Gasteiger partial charge on any atom is 0.345 e. The van der Waals surface area contributed by atoms with Crippen LogP contribution in [0.4, 0.5) is 0 Å². The van der Waals surface area contributed by atoms with Gasteiger partial charge in [0.15, 0.2) is 5.76 Å². The predicted molar refractivity (Wildman–Crippen MR) is 58.3 cm³/mol. The summed E-state index contributed by atoms with van der Waals surface area (Å²) in [6, 6.07) is 0. The second-order valence-electron chi connectivity index (χ2n) is 3.14. The predicted octanol–water partition coefficient (Wildman–Crippen LogP) is 1.88. The molecule has 1 aliphatic heterocycles. The molecule has 0 amide bonds. The van der Waals surface area contributed by atoms with E-state index in [1.54, 1.807) is 26.0 Å². The van der Waals surface area contributed by atoms with Gasteiger partial charge in [0.2, 0.25) is 5.78 Å². The van der Waals surface area contributed by atoms with E-state index >= 15 is 0 Å². The van der Waals surface area contributed by atoms with Gasteiger partial charge in [0, 0.05) is 0 Å². The molecule has 0 N–H and O–H groups in total. The zero-order valence-electron chi connectivity index (χ0n) is 9.57. The second kappa shape index (κ2) is 5.30. The van der Waals surface area contributed by atoms with Gasteiger partial charge in [-0.2, -0.15) is 0 Å². The Morgan fingerprint density at radius 3 is 2.75 bits per heavy atom. The van der Waals surface area contributed by atoms with Gasteiger partial charge < -0.3 is 9.47 Å². The fourth-order valence-corrected chi connectivity index (χ4v) is 1.28. The van der Waals surface area contributed by atoms with E-state index < -0.39 is 11.8 Å². The second-order valence-corrected chi connectivity index (χ2v) is 3.14. The van der Waals surface area contributed by atoms with Crippen LogP contribution < -0.4 is 0 Å². The van der Waals surface area contributed by atoms with E-state index in [0.717, 1.165) is 0 Å². The van der Waals surface area contributed by atoms with Crippen LogP contribution in [-0.4, -0.2) is 18.4 Å². The number of Topliss-reactive ketones (excluding diaryl/α,β-unsaturated/α-hetero) is 1. The lowest BCUT2D eigenvalue weighted by molar-refractivity contribution is -0.139. The van der Waals surface area contributed by atoms with Crippen LogP contribution in [0.15, 0.2) is 35.3 Å². The summed E-state index contributed by atoms with van der Waals surface area (Å²) in [5, 5.41) is 0. The molecular weight excluding hydrogens is 208 g/mol. The lowest BCUT2D eigenvalue weighted by atomic mass is 10.1. The Bertz CT molecular complexity index is 399. The highest BCUT2D eigenvalue weighted by Gasteiger charge is 2.33. The molecule has 0 aromatic rings. The molecule has 4 nitrogen and oxygen atoms in total. The van der Waals surface area contributed by atoms with E-state index in [4.69, 9.17) is 9.47 Å². The molecule has 0 aromatic heterocycles. The van der Waals surface area contributed by atoms with E-state index in [2.05, 4.69) is 0 Å². The number of esters is 1. The summed E-state index contributed by atoms with van der Waals surface area (Å²) in [6.45, 7) is 5.31. The largest absolute Gasteiger partial charge is 0.462 e. The minimum Gasteiger partial charge on any atom is -0.462 e. The van der Waals surface area contributed by atoms with Gasteiger partial charge in [-0.3, -0.25) is 4.79 Å². The van der Waals surface area contributed by atoms with Crippen molar-refractivity contribution in [1.82, 2.24) is 0 Å². The fourth-order valence-electron chi connectivity index (χ4n) is 1.28. The monoisotopic (exact) mass is 222 g/mol. The average molecular weight is 222 g/mol. The number of ketones is 1. The molecule has 0 saturated carbocycles. The molecule has 1 aliphatic rings. The van der Waals surface area contributed by atoms with Crippen molar-refractivity contribution in [1.29, 1.82) is 0 Å². The van der Waals surface area contributed by atoms with Crippen LogP contribution in [0.1, 0.15) is 20.8 Å². The zero-order valence-corrected chi connectivity index (χ0v) is 9.57. The molecule has 0 bridgehead atoms. The molecule has 0 aliphatic carbocycles. The van der Waals surface area contributed by atoms with E-state index in [1.165, 1.54) is 6.08 Å². The third kappa shape index (κ3) is 2.39. The van der Waals surface area contributed by atoms with E-state index in [9.17, 15) is 9.59 Å².